The van der Waals surface area contributed by atoms with Crippen LogP contribution in [0.2, 0.25) is 0 Å². The van der Waals surface area contributed by atoms with E-state index in [4.69, 9.17) is 4.74 Å². The second-order valence-electron chi connectivity index (χ2n) is 5.15. The van der Waals surface area contributed by atoms with E-state index in [1.807, 2.05) is 44.2 Å². The summed E-state index contributed by atoms with van der Waals surface area (Å²) in [4.78, 5) is 12.2. The molecular formula is C16H18O2. The molecule has 0 aromatic heterocycles. The quantitative estimate of drug-likeness (QED) is 0.759. The van der Waals surface area contributed by atoms with Gasteiger partial charge in [-0.1, -0.05) is 26.0 Å². The van der Waals surface area contributed by atoms with Gasteiger partial charge in [-0.05, 0) is 29.3 Å². The fraction of sp³-hybridized carbons (Fsp3) is 0.312. The van der Waals surface area contributed by atoms with Gasteiger partial charge in [0.15, 0.2) is 5.78 Å². The number of hydrogen-bond acceptors (Lipinski definition) is 2. The van der Waals surface area contributed by atoms with Crippen molar-refractivity contribution in [2.75, 3.05) is 7.11 Å². The molecule has 94 valence electrons. The molecule has 0 aliphatic heterocycles. The topological polar surface area (TPSA) is 26.3 Å². The summed E-state index contributed by atoms with van der Waals surface area (Å²) in [7, 11) is 1.63. The maximum Gasteiger partial charge on any atom is 0.164 e. The largest absolute Gasteiger partial charge is 0.497 e. The van der Waals surface area contributed by atoms with Gasteiger partial charge in [0.25, 0.3) is 0 Å². The highest BCUT2D eigenvalue weighted by atomic mass is 16.5. The van der Waals surface area contributed by atoms with Crippen molar-refractivity contribution < 1.29 is 9.53 Å². The fourth-order valence-corrected chi connectivity index (χ4v) is 2.16. The van der Waals surface area contributed by atoms with Crippen LogP contribution in [0.3, 0.4) is 0 Å². The maximum absolute atomic E-state index is 12.2. The van der Waals surface area contributed by atoms with Crippen molar-refractivity contribution in [3.05, 3.63) is 47.6 Å². The molecule has 0 radical (unpaired) electrons. The molecule has 0 atom stereocenters. The Morgan fingerprint density at radius 2 is 2.11 bits per heavy atom. The van der Waals surface area contributed by atoms with Crippen molar-refractivity contribution in [2.45, 2.75) is 20.3 Å². The average Bonchev–Trinajstić information content (AvgIpc) is 2.37. The third-order valence-electron chi connectivity index (χ3n) is 3.51. The molecule has 1 aromatic rings. The van der Waals surface area contributed by atoms with Crippen molar-refractivity contribution >= 4 is 11.9 Å². The standard InChI is InChI=1S/C16H18O2/c1-5-16(2,3)14-9-11-6-7-13(18-4)8-12(11)10-15(14)17/h5-9H,1,10H2,2-4H3. The number of ether oxygens (including phenoxy) is 1. The summed E-state index contributed by atoms with van der Waals surface area (Å²) >= 11 is 0. The lowest BCUT2D eigenvalue weighted by Gasteiger charge is -2.26. The zero-order valence-electron chi connectivity index (χ0n) is 11.1. The van der Waals surface area contributed by atoms with Gasteiger partial charge >= 0.3 is 0 Å². The lowest BCUT2D eigenvalue weighted by Crippen LogP contribution is -2.23. The first-order valence-electron chi connectivity index (χ1n) is 6.04. The molecule has 0 heterocycles. The first-order chi connectivity index (χ1) is 8.47. The van der Waals surface area contributed by atoms with Gasteiger partial charge in [-0.2, -0.15) is 0 Å². The van der Waals surface area contributed by atoms with Crippen LogP contribution >= 0.6 is 0 Å². The minimum absolute atomic E-state index is 0.167. The lowest BCUT2D eigenvalue weighted by molar-refractivity contribution is -0.115. The van der Waals surface area contributed by atoms with Crippen molar-refractivity contribution in [3.8, 4) is 5.75 Å². The van der Waals surface area contributed by atoms with Crippen LogP contribution in [0.25, 0.3) is 6.08 Å². The van der Waals surface area contributed by atoms with Crippen LogP contribution in [0.5, 0.6) is 5.75 Å². The van der Waals surface area contributed by atoms with E-state index in [1.54, 1.807) is 7.11 Å². The minimum Gasteiger partial charge on any atom is -0.497 e. The second-order valence-corrected chi connectivity index (χ2v) is 5.15. The molecule has 1 aromatic carbocycles. The third kappa shape index (κ3) is 2.10. The van der Waals surface area contributed by atoms with Crippen molar-refractivity contribution in [1.29, 1.82) is 0 Å². The van der Waals surface area contributed by atoms with E-state index >= 15 is 0 Å². The molecule has 0 N–H and O–H groups in total. The Balaban J connectivity index is 2.50. The molecule has 1 aliphatic carbocycles. The Morgan fingerprint density at radius 3 is 2.72 bits per heavy atom. The normalized spacial score (nSPS) is 14.8. The molecule has 0 spiro atoms. The zero-order chi connectivity index (χ0) is 13.3. The number of allylic oxidation sites excluding steroid dienone is 2. The van der Waals surface area contributed by atoms with Crippen molar-refractivity contribution in [3.63, 3.8) is 0 Å². The van der Waals surface area contributed by atoms with Crippen LogP contribution in [-0.2, 0) is 11.2 Å². The molecule has 0 saturated carbocycles. The molecule has 2 heteroatoms. The molecule has 0 unspecified atom stereocenters. The zero-order valence-corrected chi connectivity index (χ0v) is 11.1. The van der Waals surface area contributed by atoms with E-state index in [9.17, 15) is 4.79 Å². The van der Waals surface area contributed by atoms with Crippen molar-refractivity contribution in [2.24, 2.45) is 5.41 Å². The van der Waals surface area contributed by atoms with Crippen LogP contribution in [0, 0.1) is 5.41 Å². The molecule has 2 nitrogen and oxygen atoms in total. The van der Waals surface area contributed by atoms with E-state index < -0.39 is 0 Å². The summed E-state index contributed by atoms with van der Waals surface area (Å²) < 4.78 is 5.18. The Labute approximate surface area is 108 Å². The molecule has 0 bridgehead atoms. The summed E-state index contributed by atoms with van der Waals surface area (Å²) in [6, 6.07) is 5.85. The monoisotopic (exact) mass is 242 g/mol. The van der Waals surface area contributed by atoms with Crippen LogP contribution in [-0.4, -0.2) is 12.9 Å². The highest BCUT2D eigenvalue weighted by Crippen LogP contribution is 2.35. The SMILES string of the molecule is C=CC(C)(C)C1=Cc2ccc(OC)cc2CC1=O. The average molecular weight is 242 g/mol. The minimum atomic E-state index is -0.283. The predicted octanol–water partition coefficient (Wildman–Crippen LogP) is 3.42. The fourth-order valence-electron chi connectivity index (χ4n) is 2.16. The highest BCUT2D eigenvalue weighted by molar-refractivity contribution is 6.05. The number of methoxy groups -OCH3 is 1. The Morgan fingerprint density at radius 1 is 1.39 bits per heavy atom. The second kappa shape index (κ2) is 4.45. The van der Waals surface area contributed by atoms with Gasteiger partial charge in [-0.15, -0.1) is 6.58 Å². The Kier molecular flexibility index (Phi) is 3.12. The van der Waals surface area contributed by atoms with Gasteiger partial charge in [0.05, 0.1) is 7.11 Å². The summed E-state index contributed by atoms with van der Waals surface area (Å²) in [5, 5.41) is 0. The number of Topliss-reactive ketones (excluding diaryl/α,β-unsaturated/α-hetero) is 1. The number of rotatable bonds is 3. The van der Waals surface area contributed by atoms with Crippen LogP contribution in [0.15, 0.2) is 36.4 Å². The van der Waals surface area contributed by atoms with E-state index in [2.05, 4.69) is 6.58 Å². The smallest absolute Gasteiger partial charge is 0.164 e. The number of fused-ring (bicyclic) bond motifs is 1. The number of benzene rings is 1. The van der Waals surface area contributed by atoms with Gasteiger partial charge in [0.1, 0.15) is 5.75 Å². The van der Waals surface area contributed by atoms with E-state index in [0.29, 0.717) is 6.42 Å². The van der Waals surface area contributed by atoms with Crippen LogP contribution < -0.4 is 4.74 Å². The molecule has 2 rings (SSSR count). The van der Waals surface area contributed by atoms with E-state index in [0.717, 1.165) is 22.4 Å². The molecule has 0 fully saturated rings. The number of carbonyl (C=O) groups excluding carboxylic acids is 1. The summed E-state index contributed by atoms with van der Waals surface area (Å²) in [5.74, 6) is 0.960. The molecule has 0 saturated heterocycles. The van der Waals surface area contributed by atoms with E-state index in [1.165, 1.54) is 0 Å². The molecule has 0 amide bonds. The number of ketones is 1. The first kappa shape index (κ1) is 12.6. The molecule has 18 heavy (non-hydrogen) atoms. The Hall–Kier alpha value is -1.83. The summed E-state index contributed by atoms with van der Waals surface area (Å²) in [6.45, 7) is 7.84. The van der Waals surface area contributed by atoms with Crippen LogP contribution in [0.1, 0.15) is 25.0 Å². The van der Waals surface area contributed by atoms with E-state index in [-0.39, 0.29) is 11.2 Å². The first-order valence-corrected chi connectivity index (χ1v) is 6.04. The van der Waals surface area contributed by atoms with Gasteiger partial charge in [-0.25, -0.2) is 0 Å². The summed E-state index contributed by atoms with van der Waals surface area (Å²) in [6.07, 6.45) is 4.24. The van der Waals surface area contributed by atoms with Gasteiger partial charge in [0.2, 0.25) is 0 Å². The van der Waals surface area contributed by atoms with Crippen LogP contribution in [0.4, 0.5) is 0 Å². The third-order valence-corrected chi connectivity index (χ3v) is 3.51. The predicted molar refractivity (Wildman–Crippen MR) is 73.7 cm³/mol. The van der Waals surface area contributed by atoms with Crippen molar-refractivity contribution in [1.82, 2.24) is 0 Å². The number of hydrogen-bond donors (Lipinski definition) is 0. The number of carbonyl (C=O) groups is 1. The highest BCUT2D eigenvalue weighted by Gasteiger charge is 2.29. The van der Waals surface area contributed by atoms with Gasteiger partial charge in [0, 0.05) is 17.4 Å². The summed E-state index contributed by atoms with van der Waals surface area (Å²) in [5.41, 5.74) is 2.67. The van der Waals surface area contributed by atoms with Gasteiger partial charge in [-0.3, -0.25) is 4.79 Å². The maximum atomic E-state index is 12.2. The Bertz CT molecular complexity index is 536. The molecular weight excluding hydrogens is 224 g/mol. The van der Waals surface area contributed by atoms with Gasteiger partial charge < -0.3 is 4.74 Å². The molecule has 1 aliphatic rings. The lowest BCUT2D eigenvalue weighted by atomic mass is 9.76.